The van der Waals surface area contributed by atoms with E-state index in [1.54, 1.807) is 0 Å². The highest BCUT2D eigenvalue weighted by molar-refractivity contribution is 5.70. The zero-order valence-electron chi connectivity index (χ0n) is 6.68. The highest BCUT2D eigenvalue weighted by atomic mass is 14.7. The molecule has 1 aromatic heterocycles. The molecule has 0 radical (unpaired) electrons. The molecule has 1 aromatic rings. The summed E-state index contributed by atoms with van der Waals surface area (Å²) in [7, 11) is 0. The molecular weight excluding hydrogens is 134 g/mol. The summed E-state index contributed by atoms with van der Waals surface area (Å²) in [4.78, 5) is 4.40. The number of rotatable bonds is 0. The van der Waals surface area contributed by atoms with Crippen LogP contribution < -0.4 is 0 Å². The molecule has 2 rings (SSSR count). The van der Waals surface area contributed by atoms with Crippen LogP contribution in [0.5, 0.6) is 0 Å². The molecule has 1 nitrogen and oxygen atoms in total. The standard InChI is InChI=1S/C10H9N/c1-7-6-9-4-3-5-10(9)11-8(7)2/h4-6H,1-2H3. The third-order valence-electron chi connectivity index (χ3n) is 1.99. The summed E-state index contributed by atoms with van der Waals surface area (Å²) in [5.74, 6) is 0. The van der Waals surface area contributed by atoms with Crippen LogP contribution in [0.25, 0.3) is 12.2 Å². The van der Waals surface area contributed by atoms with Crippen molar-refractivity contribution < 1.29 is 0 Å². The Morgan fingerprint density at radius 3 is 2.91 bits per heavy atom. The van der Waals surface area contributed by atoms with Gasteiger partial charge in [-0.1, -0.05) is 0 Å². The molecule has 0 N–H and O–H groups in total. The van der Waals surface area contributed by atoms with Gasteiger partial charge in [-0.3, -0.25) is 4.98 Å². The molecule has 11 heavy (non-hydrogen) atoms. The molecule has 0 amide bonds. The Balaban J connectivity index is 2.69. The van der Waals surface area contributed by atoms with E-state index in [0.29, 0.717) is 0 Å². The maximum absolute atomic E-state index is 4.40. The average molecular weight is 143 g/mol. The third kappa shape index (κ3) is 0.903. The molecule has 1 aliphatic carbocycles. The minimum absolute atomic E-state index is 1.05. The molecule has 1 heterocycles. The van der Waals surface area contributed by atoms with Crippen molar-refractivity contribution in [3.05, 3.63) is 34.3 Å². The number of hydrogen-bond acceptors (Lipinski definition) is 1. The fourth-order valence-electron chi connectivity index (χ4n) is 1.19. The van der Waals surface area contributed by atoms with Gasteiger partial charge in [0.05, 0.1) is 5.69 Å². The lowest BCUT2D eigenvalue weighted by molar-refractivity contribution is 1.13. The van der Waals surface area contributed by atoms with Crippen LogP contribution in [0.15, 0.2) is 11.8 Å². The van der Waals surface area contributed by atoms with E-state index < -0.39 is 0 Å². The molecule has 0 unspecified atom stereocenters. The van der Waals surface area contributed by atoms with Gasteiger partial charge in [-0.2, -0.15) is 0 Å². The smallest absolute Gasteiger partial charge is 0.0788 e. The number of pyridine rings is 1. The number of nitrogens with zero attached hydrogens (tertiary/aromatic N) is 1. The normalized spacial score (nSPS) is 12.2. The van der Waals surface area contributed by atoms with E-state index in [1.807, 2.05) is 19.1 Å². The second kappa shape index (κ2) is 2.08. The van der Waals surface area contributed by atoms with Gasteiger partial charge in [0.2, 0.25) is 0 Å². The van der Waals surface area contributed by atoms with Crippen LogP contribution in [-0.2, 0) is 0 Å². The van der Waals surface area contributed by atoms with Crippen molar-refractivity contribution in [3.63, 3.8) is 0 Å². The van der Waals surface area contributed by atoms with Crippen LogP contribution in [0.3, 0.4) is 0 Å². The zero-order chi connectivity index (χ0) is 7.84. The SMILES string of the molecule is Cc1cc2c(nc1C)C=C=C2. The molecule has 0 saturated carbocycles. The predicted molar refractivity (Wildman–Crippen MR) is 46.2 cm³/mol. The first-order valence-electron chi connectivity index (χ1n) is 3.68. The first kappa shape index (κ1) is 6.38. The number of aryl methyl sites for hydroxylation is 2. The van der Waals surface area contributed by atoms with Gasteiger partial charge in [-0.15, -0.1) is 5.73 Å². The minimum Gasteiger partial charge on any atom is -0.252 e. The lowest BCUT2D eigenvalue weighted by Gasteiger charge is -2.01. The van der Waals surface area contributed by atoms with E-state index in [9.17, 15) is 0 Å². The van der Waals surface area contributed by atoms with Crippen LogP contribution in [0.2, 0.25) is 0 Å². The highest BCUT2D eigenvalue weighted by Crippen LogP contribution is 2.18. The fourth-order valence-corrected chi connectivity index (χ4v) is 1.19. The van der Waals surface area contributed by atoms with Crippen molar-refractivity contribution in [2.75, 3.05) is 0 Å². The second-order valence-corrected chi connectivity index (χ2v) is 2.82. The van der Waals surface area contributed by atoms with Crippen molar-refractivity contribution in [1.29, 1.82) is 0 Å². The Bertz CT molecular complexity index is 336. The molecule has 1 heteroatoms. The van der Waals surface area contributed by atoms with Gasteiger partial charge in [0.15, 0.2) is 0 Å². The molecule has 0 spiro atoms. The number of aromatic nitrogens is 1. The first-order valence-corrected chi connectivity index (χ1v) is 3.68. The Labute approximate surface area is 66.1 Å². The maximum Gasteiger partial charge on any atom is 0.0788 e. The van der Waals surface area contributed by atoms with Crippen LogP contribution in [0.4, 0.5) is 0 Å². The molecule has 0 bridgehead atoms. The van der Waals surface area contributed by atoms with Gasteiger partial charge in [-0.25, -0.2) is 0 Å². The molecule has 0 fully saturated rings. The van der Waals surface area contributed by atoms with Crippen molar-refractivity contribution in [2.45, 2.75) is 13.8 Å². The lowest BCUT2D eigenvalue weighted by atomic mass is 10.1. The largest absolute Gasteiger partial charge is 0.252 e. The monoisotopic (exact) mass is 143 g/mol. The average Bonchev–Trinajstić information content (AvgIpc) is 2.36. The van der Waals surface area contributed by atoms with E-state index in [4.69, 9.17) is 0 Å². The van der Waals surface area contributed by atoms with Crippen LogP contribution in [0, 0.1) is 13.8 Å². The van der Waals surface area contributed by atoms with Crippen molar-refractivity contribution in [1.82, 2.24) is 4.98 Å². The molecule has 0 aromatic carbocycles. The second-order valence-electron chi connectivity index (χ2n) is 2.82. The fraction of sp³-hybridized carbons (Fsp3) is 0.200. The molecule has 0 aliphatic heterocycles. The van der Waals surface area contributed by atoms with Gasteiger partial charge in [0.25, 0.3) is 0 Å². The topological polar surface area (TPSA) is 12.9 Å². The Morgan fingerprint density at radius 2 is 2.09 bits per heavy atom. The van der Waals surface area contributed by atoms with Gasteiger partial charge >= 0.3 is 0 Å². The van der Waals surface area contributed by atoms with Gasteiger partial charge in [0.1, 0.15) is 0 Å². The van der Waals surface area contributed by atoms with E-state index in [0.717, 1.165) is 11.4 Å². The predicted octanol–water partition coefficient (Wildman–Crippen LogP) is 2.34. The quantitative estimate of drug-likeness (QED) is 0.516. The maximum atomic E-state index is 4.40. The van der Waals surface area contributed by atoms with Crippen LogP contribution >= 0.6 is 0 Å². The van der Waals surface area contributed by atoms with E-state index in [2.05, 4.69) is 23.7 Å². The summed E-state index contributed by atoms with van der Waals surface area (Å²) in [5.41, 5.74) is 7.62. The van der Waals surface area contributed by atoms with E-state index in [1.165, 1.54) is 11.1 Å². The zero-order valence-corrected chi connectivity index (χ0v) is 6.68. The van der Waals surface area contributed by atoms with Crippen molar-refractivity contribution >= 4 is 12.2 Å². The Kier molecular flexibility index (Phi) is 1.21. The summed E-state index contributed by atoms with van der Waals surface area (Å²) in [6, 6.07) is 2.15. The first-order chi connectivity index (χ1) is 5.27. The van der Waals surface area contributed by atoms with Crippen molar-refractivity contribution in [3.8, 4) is 0 Å². The summed E-state index contributed by atoms with van der Waals surface area (Å²) < 4.78 is 0. The summed E-state index contributed by atoms with van der Waals surface area (Å²) >= 11 is 0. The van der Waals surface area contributed by atoms with E-state index >= 15 is 0 Å². The van der Waals surface area contributed by atoms with Crippen molar-refractivity contribution in [2.24, 2.45) is 0 Å². The number of hydrogen-bond donors (Lipinski definition) is 0. The summed E-state index contributed by atoms with van der Waals surface area (Å²) in [6.45, 7) is 4.11. The number of fused-ring (bicyclic) bond motifs is 1. The summed E-state index contributed by atoms with van der Waals surface area (Å²) in [6.07, 6.45) is 3.89. The Hall–Kier alpha value is -1.33. The van der Waals surface area contributed by atoms with Crippen LogP contribution in [0.1, 0.15) is 22.5 Å². The molecule has 54 valence electrons. The van der Waals surface area contributed by atoms with Crippen LogP contribution in [-0.4, -0.2) is 4.98 Å². The van der Waals surface area contributed by atoms with Gasteiger partial charge in [0, 0.05) is 17.3 Å². The van der Waals surface area contributed by atoms with Gasteiger partial charge in [-0.05, 0) is 31.6 Å². The molecule has 0 atom stereocenters. The molecule has 1 aliphatic rings. The highest BCUT2D eigenvalue weighted by Gasteiger charge is 2.04. The summed E-state index contributed by atoms with van der Waals surface area (Å²) in [5, 5.41) is 0. The molecule has 0 saturated heterocycles. The Morgan fingerprint density at radius 1 is 1.27 bits per heavy atom. The molecular formula is C10H9N. The lowest BCUT2D eigenvalue weighted by Crippen LogP contribution is -1.91. The van der Waals surface area contributed by atoms with Gasteiger partial charge < -0.3 is 0 Å². The minimum atomic E-state index is 1.05. The van der Waals surface area contributed by atoms with E-state index in [-0.39, 0.29) is 0 Å². The third-order valence-corrected chi connectivity index (χ3v) is 1.99.